The van der Waals surface area contributed by atoms with Crippen LogP contribution in [-0.2, 0) is 14.8 Å². The quantitative estimate of drug-likeness (QED) is 0.288. The molecule has 0 saturated heterocycles. The fourth-order valence-corrected chi connectivity index (χ4v) is 5.23. The van der Waals surface area contributed by atoms with E-state index in [2.05, 4.69) is 26.5 Å². The van der Waals surface area contributed by atoms with Crippen LogP contribution in [-0.4, -0.2) is 40.8 Å². The van der Waals surface area contributed by atoms with E-state index in [9.17, 15) is 13.2 Å². The van der Waals surface area contributed by atoms with Crippen molar-refractivity contribution in [2.75, 3.05) is 25.1 Å². The number of methoxy groups -OCH3 is 2. The van der Waals surface area contributed by atoms with E-state index in [1.54, 1.807) is 50.4 Å². The average Bonchev–Trinajstić information content (AvgIpc) is 2.85. The number of halogens is 2. The number of hydrogen-bond acceptors (Lipinski definition) is 6. The normalized spacial score (nSPS) is 11.6. The van der Waals surface area contributed by atoms with Crippen molar-refractivity contribution in [2.24, 2.45) is 5.10 Å². The fraction of sp³-hybridized carbons (Fsp3) is 0.167. The molecule has 0 atom stereocenters. The fourth-order valence-electron chi connectivity index (χ4n) is 3.09. The monoisotopic (exact) mass is 579 g/mol. The molecule has 0 aromatic heterocycles. The van der Waals surface area contributed by atoms with Crippen LogP contribution in [0.5, 0.6) is 11.5 Å². The maximum atomic E-state index is 13.4. The van der Waals surface area contributed by atoms with E-state index in [1.807, 2.05) is 0 Å². The number of rotatable bonds is 9. The molecule has 1 amide bonds. The van der Waals surface area contributed by atoms with Gasteiger partial charge in [-0.15, -0.1) is 0 Å². The summed E-state index contributed by atoms with van der Waals surface area (Å²) in [6.45, 7) is 1.20. The topological polar surface area (TPSA) is 97.3 Å². The van der Waals surface area contributed by atoms with Gasteiger partial charge in [-0.1, -0.05) is 17.7 Å². The first-order valence-electron chi connectivity index (χ1n) is 10.2. The van der Waals surface area contributed by atoms with Gasteiger partial charge in [-0.3, -0.25) is 9.10 Å². The summed E-state index contributed by atoms with van der Waals surface area (Å²) >= 11 is 9.51. The van der Waals surface area contributed by atoms with Crippen LogP contribution in [0.15, 0.2) is 81.2 Å². The second-order valence-electron chi connectivity index (χ2n) is 7.25. The third-order valence-electron chi connectivity index (χ3n) is 4.95. The molecule has 184 valence electrons. The Hall–Kier alpha value is -3.08. The van der Waals surface area contributed by atoms with Crippen molar-refractivity contribution in [3.63, 3.8) is 0 Å². The van der Waals surface area contributed by atoms with Crippen molar-refractivity contribution in [2.45, 2.75) is 11.8 Å². The molecule has 0 aliphatic heterocycles. The Kier molecular flexibility index (Phi) is 8.76. The summed E-state index contributed by atoms with van der Waals surface area (Å²) in [6.07, 6.45) is 0. The first kappa shape index (κ1) is 26.5. The molecule has 3 rings (SSSR count). The lowest BCUT2D eigenvalue weighted by molar-refractivity contribution is -0.119. The van der Waals surface area contributed by atoms with E-state index in [4.69, 9.17) is 21.1 Å². The summed E-state index contributed by atoms with van der Waals surface area (Å²) < 4.78 is 38.9. The van der Waals surface area contributed by atoms with Crippen LogP contribution in [0.25, 0.3) is 0 Å². The highest BCUT2D eigenvalue weighted by molar-refractivity contribution is 9.10. The van der Waals surface area contributed by atoms with Gasteiger partial charge in [0.25, 0.3) is 15.9 Å². The van der Waals surface area contributed by atoms with Gasteiger partial charge in [0.05, 0.1) is 35.0 Å². The number of benzene rings is 3. The van der Waals surface area contributed by atoms with E-state index in [0.29, 0.717) is 22.2 Å². The van der Waals surface area contributed by atoms with Crippen LogP contribution in [0.3, 0.4) is 0 Å². The second-order valence-corrected chi connectivity index (χ2v) is 10.4. The number of nitrogens with one attached hydrogen (secondary N) is 1. The van der Waals surface area contributed by atoms with Gasteiger partial charge in [0, 0.05) is 5.02 Å². The molecule has 0 fully saturated rings. The van der Waals surface area contributed by atoms with Gasteiger partial charge in [-0.05, 0) is 89.1 Å². The van der Waals surface area contributed by atoms with E-state index < -0.39 is 22.5 Å². The molecule has 0 aliphatic rings. The third kappa shape index (κ3) is 6.53. The minimum atomic E-state index is -4.11. The minimum absolute atomic E-state index is 0.00570. The van der Waals surface area contributed by atoms with Gasteiger partial charge < -0.3 is 9.47 Å². The van der Waals surface area contributed by atoms with Gasteiger partial charge in [0.15, 0.2) is 0 Å². The van der Waals surface area contributed by atoms with Crippen LogP contribution in [0.2, 0.25) is 5.02 Å². The largest absolute Gasteiger partial charge is 0.497 e. The lowest BCUT2D eigenvalue weighted by Gasteiger charge is -2.24. The van der Waals surface area contributed by atoms with Gasteiger partial charge in [-0.25, -0.2) is 13.8 Å². The number of ether oxygens (including phenoxy) is 2. The molecule has 11 heteroatoms. The molecule has 0 spiro atoms. The van der Waals surface area contributed by atoms with Gasteiger partial charge >= 0.3 is 0 Å². The Labute approximate surface area is 217 Å². The van der Waals surface area contributed by atoms with Crippen LogP contribution in [0.1, 0.15) is 12.5 Å². The minimum Gasteiger partial charge on any atom is -0.497 e. The molecule has 0 bridgehead atoms. The first-order chi connectivity index (χ1) is 16.6. The third-order valence-corrected chi connectivity index (χ3v) is 7.59. The number of carbonyl (C=O) groups excluding carboxylic acids is 1. The Morgan fingerprint density at radius 3 is 2.37 bits per heavy atom. The average molecular weight is 581 g/mol. The zero-order valence-electron chi connectivity index (χ0n) is 19.2. The molecular weight excluding hydrogens is 558 g/mol. The lowest BCUT2D eigenvalue weighted by Crippen LogP contribution is -2.39. The van der Waals surface area contributed by atoms with E-state index in [1.165, 1.54) is 37.4 Å². The molecular formula is C24H23BrClN3O5S. The molecule has 0 saturated carbocycles. The van der Waals surface area contributed by atoms with Gasteiger partial charge in [0.2, 0.25) is 0 Å². The predicted molar refractivity (Wildman–Crippen MR) is 140 cm³/mol. The van der Waals surface area contributed by atoms with Crippen molar-refractivity contribution in [1.29, 1.82) is 0 Å². The van der Waals surface area contributed by atoms with Crippen LogP contribution < -0.4 is 19.2 Å². The number of carbonyl (C=O) groups is 1. The Morgan fingerprint density at radius 2 is 1.77 bits per heavy atom. The highest BCUT2D eigenvalue weighted by Gasteiger charge is 2.27. The number of nitrogens with zero attached hydrogens (tertiary/aromatic N) is 2. The van der Waals surface area contributed by atoms with Crippen LogP contribution >= 0.6 is 27.5 Å². The van der Waals surface area contributed by atoms with Gasteiger partial charge in [0.1, 0.15) is 18.0 Å². The smallest absolute Gasteiger partial charge is 0.264 e. The van der Waals surface area contributed by atoms with E-state index >= 15 is 0 Å². The SMILES string of the molecule is COc1ccc(S(=O)(=O)N(CC(=O)N/N=C(/C)c2ccc(OC)c(Br)c2)c2cccc(Cl)c2)cc1. The van der Waals surface area contributed by atoms with Crippen LogP contribution in [0, 0.1) is 0 Å². The number of sulfonamides is 1. The summed E-state index contributed by atoms with van der Waals surface area (Å²) in [5.41, 5.74) is 3.94. The summed E-state index contributed by atoms with van der Waals surface area (Å²) in [6, 6.07) is 17.5. The van der Waals surface area contributed by atoms with Crippen molar-refractivity contribution in [3.8, 4) is 11.5 Å². The zero-order chi connectivity index (χ0) is 25.6. The number of amides is 1. The second kappa shape index (κ2) is 11.6. The van der Waals surface area contributed by atoms with Crippen molar-refractivity contribution >= 4 is 54.9 Å². The highest BCUT2D eigenvalue weighted by atomic mass is 79.9. The number of anilines is 1. The van der Waals surface area contributed by atoms with Crippen molar-refractivity contribution < 1.29 is 22.7 Å². The maximum absolute atomic E-state index is 13.4. The molecule has 35 heavy (non-hydrogen) atoms. The molecule has 3 aromatic rings. The zero-order valence-corrected chi connectivity index (χ0v) is 22.3. The summed E-state index contributed by atoms with van der Waals surface area (Å²) in [7, 11) is -1.06. The molecule has 0 radical (unpaired) electrons. The number of hydrogen-bond donors (Lipinski definition) is 1. The molecule has 3 aromatic carbocycles. The van der Waals surface area contributed by atoms with E-state index in [-0.39, 0.29) is 10.6 Å². The maximum Gasteiger partial charge on any atom is 0.264 e. The van der Waals surface area contributed by atoms with Crippen molar-refractivity contribution in [1.82, 2.24) is 5.43 Å². The molecule has 0 heterocycles. The molecule has 0 aliphatic carbocycles. The summed E-state index contributed by atoms with van der Waals surface area (Å²) in [5.74, 6) is 0.534. The Balaban J connectivity index is 1.86. The predicted octanol–water partition coefficient (Wildman–Crippen LogP) is 4.86. The highest BCUT2D eigenvalue weighted by Crippen LogP contribution is 2.27. The molecule has 1 N–H and O–H groups in total. The lowest BCUT2D eigenvalue weighted by atomic mass is 10.1. The van der Waals surface area contributed by atoms with Gasteiger partial charge in [-0.2, -0.15) is 5.10 Å². The standard InChI is InChI=1S/C24H23BrClN3O5S/c1-16(17-7-12-23(34-3)22(25)13-17)27-28-24(30)15-29(19-6-4-5-18(26)14-19)35(31,32)21-10-8-20(33-2)9-11-21/h4-14H,15H2,1-3H3,(H,28,30)/b27-16-. The van der Waals surface area contributed by atoms with Crippen molar-refractivity contribution in [3.05, 3.63) is 81.8 Å². The Morgan fingerprint density at radius 1 is 1.06 bits per heavy atom. The first-order valence-corrected chi connectivity index (χ1v) is 12.9. The molecule has 8 nitrogen and oxygen atoms in total. The Bertz CT molecular complexity index is 1350. The summed E-state index contributed by atoms with van der Waals surface area (Å²) in [5, 5.41) is 4.45. The number of hydrazone groups is 1. The van der Waals surface area contributed by atoms with Crippen LogP contribution in [0.4, 0.5) is 5.69 Å². The summed E-state index contributed by atoms with van der Waals surface area (Å²) in [4.78, 5) is 12.8. The van der Waals surface area contributed by atoms with E-state index in [0.717, 1.165) is 14.3 Å². The molecule has 0 unspecified atom stereocenters.